The molecule has 0 atom stereocenters. The molecule has 5 aromatic rings. The number of hydrogen-bond donors (Lipinski definition) is 1. The number of nitrogens with one attached hydrogen (secondary N) is 1. The number of anilines is 1. The van der Waals surface area contributed by atoms with E-state index in [0.29, 0.717) is 6.61 Å². The molecule has 1 N–H and O–H groups in total. The molecule has 0 saturated heterocycles. The van der Waals surface area contributed by atoms with Crippen LogP contribution in [0.3, 0.4) is 0 Å². The highest BCUT2D eigenvalue weighted by Gasteiger charge is 2.16. The summed E-state index contributed by atoms with van der Waals surface area (Å²) in [5.74, 6) is 0. The van der Waals surface area contributed by atoms with Gasteiger partial charge in [-0.3, -0.25) is 0 Å². The predicted octanol–water partition coefficient (Wildman–Crippen LogP) is 4.35. The van der Waals surface area contributed by atoms with Gasteiger partial charge in [0, 0.05) is 36.2 Å². The van der Waals surface area contributed by atoms with E-state index in [9.17, 15) is 0 Å². The number of benzene rings is 2. The van der Waals surface area contributed by atoms with Crippen LogP contribution in [0.25, 0.3) is 33.0 Å². The average Bonchev–Trinajstić information content (AvgIpc) is 3.07. The minimum atomic E-state index is 0.697. The molecule has 4 nitrogen and oxygen atoms in total. The second-order valence-corrected chi connectivity index (χ2v) is 7.04. The maximum Gasteiger partial charge on any atom is 0.292 e. The highest BCUT2D eigenvalue weighted by atomic mass is 16.5. The third-order valence-electron chi connectivity index (χ3n) is 5.19. The highest BCUT2D eigenvalue weighted by molar-refractivity contribution is 5.88. The van der Waals surface area contributed by atoms with Crippen molar-refractivity contribution in [3.05, 3.63) is 72.4 Å². The van der Waals surface area contributed by atoms with E-state index in [1.807, 2.05) is 0 Å². The van der Waals surface area contributed by atoms with Crippen LogP contribution in [0.1, 0.15) is 5.56 Å². The van der Waals surface area contributed by atoms with E-state index in [1.165, 1.54) is 38.5 Å². The van der Waals surface area contributed by atoms with Crippen LogP contribution in [0, 0.1) is 6.92 Å². The first-order valence-electron chi connectivity index (χ1n) is 9.26. The van der Waals surface area contributed by atoms with Crippen LogP contribution in [-0.4, -0.2) is 24.7 Å². The van der Waals surface area contributed by atoms with E-state index in [0.717, 1.165) is 12.2 Å². The third-order valence-corrected chi connectivity index (χ3v) is 5.19. The molecule has 3 aromatic heterocycles. The minimum Gasteiger partial charge on any atom is -0.383 e. The van der Waals surface area contributed by atoms with Crippen LogP contribution in [0.15, 0.2) is 66.9 Å². The first-order chi connectivity index (χ1) is 13.2. The number of rotatable bonds is 4. The molecule has 0 bridgehead atoms. The van der Waals surface area contributed by atoms with Gasteiger partial charge in [-0.1, -0.05) is 12.1 Å². The van der Waals surface area contributed by atoms with Crippen molar-refractivity contribution in [3.63, 3.8) is 0 Å². The molecule has 5 rings (SSSR count). The predicted molar refractivity (Wildman–Crippen MR) is 111 cm³/mol. The van der Waals surface area contributed by atoms with Crippen molar-refractivity contribution < 1.29 is 9.14 Å². The molecule has 0 spiro atoms. The lowest BCUT2D eigenvalue weighted by atomic mass is 10.1. The lowest BCUT2D eigenvalue weighted by Gasteiger charge is -2.06. The summed E-state index contributed by atoms with van der Waals surface area (Å²) in [6.07, 6.45) is 2.22. The Balaban J connectivity index is 1.75. The van der Waals surface area contributed by atoms with Crippen molar-refractivity contribution in [2.45, 2.75) is 6.92 Å². The summed E-state index contributed by atoms with van der Waals surface area (Å²) in [4.78, 5) is 0. The summed E-state index contributed by atoms with van der Waals surface area (Å²) in [5, 5.41) is 5.88. The molecule has 3 heterocycles. The van der Waals surface area contributed by atoms with Crippen molar-refractivity contribution >= 4 is 38.7 Å². The van der Waals surface area contributed by atoms with Crippen molar-refractivity contribution in [2.24, 2.45) is 0 Å². The SMILES string of the molecule is COCCNc1ccc2c(ccc3c[n+]4c5cc(C)ccc5ccc4n32)c1. The Bertz CT molecular complexity index is 1300. The number of nitrogens with zero attached hydrogens (tertiary/aromatic N) is 2. The van der Waals surface area contributed by atoms with E-state index in [1.54, 1.807) is 7.11 Å². The van der Waals surface area contributed by atoms with Crippen molar-refractivity contribution in [2.75, 3.05) is 25.6 Å². The lowest BCUT2D eigenvalue weighted by molar-refractivity contribution is -0.479. The third kappa shape index (κ3) is 2.61. The number of aromatic nitrogens is 2. The van der Waals surface area contributed by atoms with Gasteiger partial charge in [-0.15, -0.1) is 0 Å². The molecule has 0 radical (unpaired) electrons. The second kappa shape index (κ2) is 6.25. The number of pyridine rings is 2. The zero-order valence-electron chi connectivity index (χ0n) is 15.6. The molecule has 0 aliphatic rings. The number of methoxy groups -OCH3 is 1. The van der Waals surface area contributed by atoms with Crippen molar-refractivity contribution in [1.82, 2.24) is 4.40 Å². The Morgan fingerprint density at radius 3 is 2.70 bits per heavy atom. The number of aryl methyl sites for hydroxylation is 1. The average molecular weight is 356 g/mol. The zero-order chi connectivity index (χ0) is 18.4. The van der Waals surface area contributed by atoms with E-state index in [2.05, 4.69) is 87.9 Å². The molecule has 2 aromatic carbocycles. The molecular weight excluding hydrogens is 334 g/mol. The highest BCUT2D eigenvalue weighted by Crippen LogP contribution is 2.24. The molecule has 0 amide bonds. The van der Waals surface area contributed by atoms with Gasteiger partial charge in [-0.05, 0) is 55.0 Å². The number of ether oxygens (including phenoxy) is 1. The molecule has 0 unspecified atom stereocenters. The Kier molecular flexibility index (Phi) is 3.73. The fourth-order valence-electron chi connectivity index (χ4n) is 3.87. The van der Waals surface area contributed by atoms with E-state index >= 15 is 0 Å². The summed E-state index contributed by atoms with van der Waals surface area (Å²) in [5.41, 5.74) is 7.20. The van der Waals surface area contributed by atoms with Crippen molar-refractivity contribution in [3.8, 4) is 0 Å². The smallest absolute Gasteiger partial charge is 0.292 e. The molecule has 0 aliphatic carbocycles. The second-order valence-electron chi connectivity index (χ2n) is 7.04. The largest absolute Gasteiger partial charge is 0.383 e. The quantitative estimate of drug-likeness (QED) is 0.383. The van der Waals surface area contributed by atoms with E-state index in [-0.39, 0.29) is 0 Å². The molecule has 0 saturated carbocycles. The molecular formula is C23H22N3O+. The summed E-state index contributed by atoms with van der Waals surface area (Å²) in [6.45, 7) is 3.64. The van der Waals surface area contributed by atoms with Gasteiger partial charge in [0.1, 0.15) is 17.2 Å². The number of fused-ring (bicyclic) bond motifs is 7. The fourth-order valence-corrected chi connectivity index (χ4v) is 3.87. The Morgan fingerprint density at radius 2 is 1.81 bits per heavy atom. The maximum atomic E-state index is 5.12. The first kappa shape index (κ1) is 16.1. The molecule has 4 heteroatoms. The van der Waals surface area contributed by atoms with Crippen LogP contribution in [0.4, 0.5) is 5.69 Å². The van der Waals surface area contributed by atoms with Crippen LogP contribution in [0.2, 0.25) is 0 Å². The van der Waals surface area contributed by atoms with E-state index in [4.69, 9.17) is 4.74 Å². The summed E-state index contributed by atoms with van der Waals surface area (Å²) < 4.78 is 9.74. The van der Waals surface area contributed by atoms with Gasteiger partial charge in [0.25, 0.3) is 5.65 Å². The molecule has 0 fully saturated rings. The van der Waals surface area contributed by atoms with Gasteiger partial charge >= 0.3 is 0 Å². The standard InChI is InChI=1S/C23H22N3O/c1-16-3-4-17-6-10-23-25(22(17)13-16)15-20-8-5-18-14-19(24-11-12-27-2)7-9-21(18)26(20)23/h3-10,13-15,24H,11-12H2,1-2H3/q+1. The van der Waals surface area contributed by atoms with Crippen LogP contribution >= 0.6 is 0 Å². The molecule has 0 aliphatic heterocycles. The fraction of sp³-hybridized carbons (Fsp3) is 0.174. The van der Waals surface area contributed by atoms with Crippen LogP contribution in [0.5, 0.6) is 0 Å². The monoisotopic (exact) mass is 356 g/mol. The van der Waals surface area contributed by atoms with Crippen LogP contribution in [-0.2, 0) is 4.74 Å². The summed E-state index contributed by atoms with van der Waals surface area (Å²) in [6, 6.07) is 21.9. The summed E-state index contributed by atoms with van der Waals surface area (Å²) in [7, 11) is 1.72. The van der Waals surface area contributed by atoms with Crippen molar-refractivity contribution in [1.29, 1.82) is 0 Å². The van der Waals surface area contributed by atoms with Crippen LogP contribution < -0.4 is 9.72 Å². The van der Waals surface area contributed by atoms with E-state index < -0.39 is 0 Å². The van der Waals surface area contributed by atoms with Gasteiger partial charge in [0.15, 0.2) is 5.52 Å². The molecule has 27 heavy (non-hydrogen) atoms. The normalized spacial score (nSPS) is 11.8. The van der Waals surface area contributed by atoms with Gasteiger partial charge < -0.3 is 10.1 Å². The topological polar surface area (TPSA) is 29.8 Å². The van der Waals surface area contributed by atoms with Gasteiger partial charge in [0.2, 0.25) is 0 Å². The summed E-state index contributed by atoms with van der Waals surface area (Å²) >= 11 is 0. The number of hydrogen-bond acceptors (Lipinski definition) is 2. The lowest BCUT2D eigenvalue weighted by Crippen LogP contribution is -2.19. The van der Waals surface area contributed by atoms with Gasteiger partial charge in [-0.2, -0.15) is 8.80 Å². The Morgan fingerprint density at radius 1 is 0.963 bits per heavy atom. The Labute approximate surface area is 157 Å². The number of imidazole rings is 1. The zero-order valence-corrected chi connectivity index (χ0v) is 15.6. The van der Waals surface area contributed by atoms with Gasteiger partial charge in [0.05, 0.1) is 6.61 Å². The first-order valence-corrected chi connectivity index (χ1v) is 9.26. The maximum absolute atomic E-state index is 5.12. The minimum absolute atomic E-state index is 0.697. The van der Waals surface area contributed by atoms with Gasteiger partial charge in [-0.25, -0.2) is 0 Å². The Hall–Kier alpha value is -3.11. The molecule has 134 valence electrons.